The van der Waals surface area contributed by atoms with Gasteiger partial charge in [-0.1, -0.05) is 47.6 Å². The Hall–Kier alpha value is -0.830. The van der Waals surface area contributed by atoms with E-state index in [4.69, 9.17) is 34.8 Å². The third-order valence-corrected chi connectivity index (χ3v) is 4.24. The van der Waals surface area contributed by atoms with Gasteiger partial charge in [0.15, 0.2) is 5.82 Å². The number of aromatic nitrogens is 2. The van der Waals surface area contributed by atoms with E-state index in [0.717, 1.165) is 11.3 Å². The quantitative estimate of drug-likeness (QED) is 0.655. The standard InChI is InChI=1S/C15H13Cl3N2/c16-11-5-10(6-12(17)7-11)15-19-13(8-14(18)20-15)9-3-1-2-4-9/h5-9H,1-4H2. The van der Waals surface area contributed by atoms with Crippen LogP contribution in [0.15, 0.2) is 24.3 Å². The van der Waals surface area contributed by atoms with Crippen LogP contribution in [-0.2, 0) is 0 Å². The first-order valence-electron chi connectivity index (χ1n) is 6.63. The molecule has 1 aliphatic rings. The molecule has 0 unspecified atom stereocenters. The minimum Gasteiger partial charge on any atom is -0.233 e. The molecule has 0 bridgehead atoms. The van der Waals surface area contributed by atoms with Crippen LogP contribution < -0.4 is 0 Å². The summed E-state index contributed by atoms with van der Waals surface area (Å²) in [6.45, 7) is 0. The van der Waals surface area contributed by atoms with E-state index in [2.05, 4.69) is 9.97 Å². The zero-order valence-corrected chi connectivity index (χ0v) is 13.0. The third-order valence-electron chi connectivity index (χ3n) is 3.61. The molecule has 20 heavy (non-hydrogen) atoms. The molecule has 0 aliphatic heterocycles. The molecule has 0 radical (unpaired) electrons. The summed E-state index contributed by atoms with van der Waals surface area (Å²) in [5, 5.41) is 1.60. The van der Waals surface area contributed by atoms with Crippen LogP contribution >= 0.6 is 34.8 Å². The highest BCUT2D eigenvalue weighted by molar-refractivity contribution is 6.35. The Kier molecular flexibility index (Phi) is 4.16. The fourth-order valence-corrected chi connectivity index (χ4v) is 3.40. The molecule has 1 aromatic heterocycles. The molecule has 1 aromatic carbocycles. The number of nitrogens with zero attached hydrogens (tertiary/aromatic N) is 2. The molecular weight excluding hydrogens is 315 g/mol. The number of benzene rings is 1. The molecule has 104 valence electrons. The summed E-state index contributed by atoms with van der Waals surface area (Å²) >= 11 is 18.2. The van der Waals surface area contributed by atoms with Crippen LogP contribution in [0, 0.1) is 0 Å². The lowest BCUT2D eigenvalue weighted by Gasteiger charge is -2.11. The van der Waals surface area contributed by atoms with E-state index < -0.39 is 0 Å². The average Bonchev–Trinajstić information content (AvgIpc) is 2.90. The summed E-state index contributed by atoms with van der Waals surface area (Å²) in [4.78, 5) is 8.95. The van der Waals surface area contributed by atoms with E-state index in [1.54, 1.807) is 18.2 Å². The van der Waals surface area contributed by atoms with Crippen LogP contribution in [0.2, 0.25) is 15.2 Å². The lowest BCUT2D eigenvalue weighted by atomic mass is 10.0. The van der Waals surface area contributed by atoms with E-state index in [9.17, 15) is 0 Å². The SMILES string of the molecule is Clc1cc(Cl)cc(-c2nc(Cl)cc(C3CCCC3)n2)c1. The van der Waals surface area contributed by atoms with E-state index in [1.807, 2.05) is 6.07 Å². The predicted octanol–water partition coefficient (Wildman–Crippen LogP) is 5.76. The summed E-state index contributed by atoms with van der Waals surface area (Å²) in [5.41, 5.74) is 1.82. The number of halogens is 3. The molecule has 0 saturated heterocycles. The monoisotopic (exact) mass is 326 g/mol. The van der Waals surface area contributed by atoms with Crippen LogP contribution in [-0.4, -0.2) is 9.97 Å². The van der Waals surface area contributed by atoms with Crippen molar-refractivity contribution in [2.45, 2.75) is 31.6 Å². The highest BCUT2D eigenvalue weighted by atomic mass is 35.5. The number of rotatable bonds is 2. The Morgan fingerprint density at radius 2 is 1.50 bits per heavy atom. The molecule has 2 nitrogen and oxygen atoms in total. The molecule has 1 aliphatic carbocycles. The van der Waals surface area contributed by atoms with Gasteiger partial charge in [0.1, 0.15) is 5.15 Å². The van der Waals surface area contributed by atoms with Crippen LogP contribution in [0.5, 0.6) is 0 Å². The number of hydrogen-bond donors (Lipinski definition) is 0. The van der Waals surface area contributed by atoms with Crippen molar-refractivity contribution in [3.63, 3.8) is 0 Å². The Labute approximate surface area is 133 Å². The first kappa shape index (κ1) is 14.1. The van der Waals surface area contributed by atoms with E-state index in [0.29, 0.717) is 26.9 Å². The minimum atomic E-state index is 0.466. The Balaban J connectivity index is 2.04. The van der Waals surface area contributed by atoms with Gasteiger partial charge < -0.3 is 0 Å². The first-order valence-corrected chi connectivity index (χ1v) is 7.76. The number of hydrogen-bond acceptors (Lipinski definition) is 2. The molecule has 0 spiro atoms. The van der Waals surface area contributed by atoms with Crippen LogP contribution in [0.1, 0.15) is 37.3 Å². The highest BCUT2D eigenvalue weighted by Crippen LogP contribution is 2.35. The van der Waals surface area contributed by atoms with E-state index in [1.165, 1.54) is 25.7 Å². The van der Waals surface area contributed by atoms with Crippen molar-refractivity contribution in [2.24, 2.45) is 0 Å². The maximum Gasteiger partial charge on any atom is 0.161 e. The fourth-order valence-electron chi connectivity index (χ4n) is 2.68. The molecule has 1 saturated carbocycles. The molecule has 1 heterocycles. The van der Waals surface area contributed by atoms with Crippen molar-refractivity contribution in [3.05, 3.63) is 45.2 Å². The molecule has 5 heteroatoms. The molecule has 0 N–H and O–H groups in total. The second-order valence-corrected chi connectivity index (χ2v) is 6.34. The van der Waals surface area contributed by atoms with Crippen molar-refractivity contribution in [2.75, 3.05) is 0 Å². The first-order chi connectivity index (χ1) is 9.61. The second kappa shape index (κ2) is 5.88. The average molecular weight is 328 g/mol. The van der Waals surface area contributed by atoms with Gasteiger partial charge in [-0.25, -0.2) is 9.97 Å². The molecule has 0 amide bonds. The van der Waals surface area contributed by atoms with Crippen molar-refractivity contribution < 1.29 is 0 Å². The Bertz CT molecular complexity index is 617. The summed E-state index contributed by atoms with van der Waals surface area (Å²) < 4.78 is 0. The maximum absolute atomic E-state index is 6.14. The van der Waals surface area contributed by atoms with Crippen LogP contribution in [0.3, 0.4) is 0 Å². The summed E-state index contributed by atoms with van der Waals surface area (Å²) in [5.74, 6) is 1.08. The van der Waals surface area contributed by atoms with E-state index in [-0.39, 0.29) is 0 Å². The Morgan fingerprint density at radius 1 is 0.850 bits per heavy atom. The van der Waals surface area contributed by atoms with Gasteiger partial charge in [-0.3, -0.25) is 0 Å². The second-order valence-electron chi connectivity index (χ2n) is 5.08. The van der Waals surface area contributed by atoms with Gasteiger partial charge in [0.05, 0.1) is 0 Å². The van der Waals surface area contributed by atoms with Gasteiger partial charge in [-0.05, 0) is 37.1 Å². The fraction of sp³-hybridized carbons (Fsp3) is 0.333. The van der Waals surface area contributed by atoms with Gasteiger partial charge in [-0.15, -0.1) is 0 Å². The van der Waals surface area contributed by atoms with Crippen molar-refractivity contribution in [3.8, 4) is 11.4 Å². The topological polar surface area (TPSA) is 25.8 Å². The summed E-state index contributed by atoms with van der Waals surface area (Å²) in [7, 11) is 0. The van der Waals surface area contributed by atoms with Gasteiger partial charge in [-0.2, -0.15) is 0 Å². The maximum atomic E-state index is 6.14. The van der Waals surface area contributed by atoms with Gasteiger partial charge in [0.2, 0.25) is 0 Å². The summed E-state index contributed by atoms with van der Waals surface area (Å²) in [6.07, 6.45) is 4.85. The molecular formula is C15H13Cl3N2. The van der Waals surface area contributed by atoms with Crippen molar-refractivity contribution in [1.29, 1.82) is 0 Å². The van der Waals surface area contributed by atoms with E-state index >= 15 is 0 Å². The molecule has 2 aromatic rings. The summed E-state index contributed by atoms with van der Waals surface area (Å²) in [6, 6.07) is 7.16. The highest BCUT2D eigenvalue weighted by Gasteiger charge is 2.20. The Morgan fingerprint density at radius 3 is 2.15 bits per heavy atom. The predicted molar refractivity (Wildman–Crippen MR) is 83.7 cm³/mol. The lowest BCUT2D eigenvalue weighted by molar-refractivity contribution is 0.695. The van der Waals surface area contributed by atoms with Gasteiger partial charge in [0.25, 0.3) is 0 Å². The van der Waals surface area contributed by atoms with Crippen molar-refractivity contribution >= 4 is 34.8 Å². The normalized spacial score (nSPS) is 15.8. The van der Waals surface area contributed by atoms with Crippen LogP contribution in [0.25, 0.3) is 11.4 Å². The largest absolute Gasteiger partial charge is 0.233 e. The van der Waals surface area contributed by atoms with Gasteiger partial charge in [0, 0.05) is 27.2 Å². The smallest absolute Gasteiger partial charge is 0.161 e. The minimum absolute atomic E-state index is 0.466. The molecule has 3 rings (SSSR count). The zero-order valence-electron chi connectivity index (χ0n) is 10.7. The lowest BCUT2D eigenvalue weighted by Crippen LogP contribution is -2.00. The van der Waals surface area contributed by atoms with Crippen molar-refractivity contribution in [1.82, 2.24) is 9.97 Å². The molecule has 1 fully saturated rings. The van der Waals surface area contributed by atoms with Crippen LogP contribution in [0.4, 0.5) is 0 Å². The zero-order chi connectivity index (χ0) is 14.1. The third kappa shape index (κ3) is 3.08. The van der Waals surface area contributed by atoms with Gasteiger partial charge >= 0.3 is 0 Å². The molecule has 0 atom stereocenters.